The summed E-state index contributed by atoms with van der Waals surface area (Å²) in [7, 11) is -2.10. The Kier molecular flexibility index (Phi) is 10.00. The average Bonchev–Trinajstić information content (AvgIpc) is 3.31. The van der Waals surface area contributed by atoms with E-state index in [4.69, 9.17) is 9.15 Å². The summed E-state index contributed by atoms with van der Waals surface area (Å²) in [6.07, 6.45) is 0.768. The molecular formula is C30H42FN5O6S. The van der Waals surface area contributed by atoms with Crippen LogP contribution in [0, 0.1) is 5.82 Å². The van der Waals surface area contributed by atoms with Crippen molar-refractivity contribution in [2.45, 2.75) is 52.4 Å². The van der Waals surface area contributed by atoms with Gasteiger partial charge in [0.25, 0.3) is 0 Å². The number of carbonyl (C=O) groups is 1. The molecule has 2 N–H and O–H groups in total. The molecule has 2 aromatic heterocycles. The minimum Gasteiger partial charge on any atom is -0.444 e. The first-order chi connectivity index (χ1) is 20.2. The molecule has 1 fully saturated rings. The van der Waals surface area contributed by atoms with Gasteiger partial charge in [0.1, 0.15) is 29.2 Å². The first-order valence-electron chi connectivity index (χ1n) is 14.5. The van der Waals surface area contributed by atoms with Gasteiger partial charge in [0, 0.05) is 50.2 Å². The molecule has 0 aliphatic carbocycles. The van der Waals surface area contributed by atoms with Crippen LogP contribution in [0.2, 0.25) is 0 Å². The van der Waals surface area contributed by atoms with Crippen molar-refractivity contribution in [3.05, 3.63) is 47.3 Å². The Bertz CT molecular complexity index is 1530. The highest BCUT2D eigenvalue weighted by atomic mass is 32.2. The van der Waals surface area contributed by atoms with E-state index in [1.54, 1.807) is 30.1 Å². The monoisotopic (exact) mass is 619 g/mol. The van der Waals surface area contributed by atoms with Crippen molar-refractivity contribution in [3.63, 3.8) is 0 Å². The lowest BCUT2D eigenvalue weighted by Gasteiger charge is -2.35. The first-order valence-corrected chi connectivity index (χ1v) is 16.3. The number of nitrogens with zero attached hydrogens (tertiary/aromatic N) is 4. The highest BCUT2D eigenvalue weighted by Gasteiger charge is 2.29. The van der Waals surface area contributed by atoms with Crippen LogP contribution in [0.1, 0.15) is 51.5 Å². The van der Waals surface area contributed by atoms with Gasteiger partial charge in [-0.1, -0.05) is 6.92 Å². The number of aryl methyl sites for hydroxylation is 1. The fraction of sp³-hybridized carbons (Fsp3) is 0.533. The summed E-state index contributed by atoms with van der Waals surface area (Å²) >= 11 is 0. The van der Waals surface area contributed by atoms with Crippen molar-refractivity contribution in [3.8, 4) is 11.3 Å². The molecular weight excluding hydrogens is 577 g/mol. The quantitative estimate of drug-likeness (QED) is 0.322. The van der Waals surface area contributed by atoms with E-state index in [1.165, 1.54) is 16.4 Å². The first kappa shape index (κ1) is 32.6. The van der Waals surface area contributed by atoms with Crippen molar-refractivity contribution in [2.24, 2.45) is 0 Å². The van der Waals surface area contributed by atoms with E-state index < -0.39 is 27.7 Å². The molecule has 0 bridgehead atoms. The fourth-order valence-corrected chi connectivity index (χ4v) is 6.06. The van der Waals surface area contributed by atoms with E-state index in [2.05, 4.69) is 15.2 Å². The minimum absolute atomic E-state index is 0.169. The second-order valence-electron chi connectivity index (χ2n) is 11.7. The molecule has 236 valence electrons. The molecule has 13 heteroatoms. The maximum absolute atomic E-state index is 13.6. The minimum atomic E-state index is -3.70. The van der Waals surface area contributed by atoms with Gasteiger partial charge in [-0.2, -0.15) is 4.98 Å². The number of furan rings is 1. The Balaban J connectivity index is 1.56. The lowest BCUT2D eigenvalue weighted by Crippen LogP contribution is -2.50. The van der Waals surface area contributed by atoms with Crippen molar-refractivity contribution >= 4 is 33.0 Å². The Morgan fingerprint density at radius 1 is 1.21 bits per heavy atom. The van der Waals surface area contributed by atoms with Crippen LogP contribution < -0.4 is 9.62 Å². The number of ether oxygens (including phenoxy) is 1. The van der Waals surface area contributed by atoms with Crippen molar-refractivity contribution < 1.29 is 31.9 Å². The van der Waals surface area contributed by atoms with Gasteiger partial charge >= 0.3 is 6.09 Å². The number of aliphatic hydroxyl groups is 1. The summed E-state index contributed by atoms with van der Waals surface area (Å²) in [6.45, 7) is 10.7. The van der Waals surface area contributed by atoms with E-state index in [0.717, 1.165) is 6.26 Å². The Morgan fingerprint density at radius 2 is 1.86 bits per heavy atom. The fourth-order valence-electron chi connectivity index (χ4n) is 5.13. The number of sulfonamides is 1. The summed E-state index contributed by atoms with van der Waals surface area (Å²) in [4.78, 5) is 20.9. The number of rotatable bonds is 10. The predicted octanol–water partition coefficient (Wildman–Crippen LogP) is 4.12. The lowest BCUT2D eigenvalue weighted by molar-refractivity contribution is 0.0145. The third kappa shape index (κ3) is 7.83. The molecule has 43 heavy (non-hydrogen) atoms. The van der Waals surface area contributed by atoms with Crippen LogP contribution in [0.3, 0.4) is 0 Å². The molecule has 0 spiro atoms. The second-order valence-corrected chi connectivity index (χ2v) is 13.6. The van der Waals surface area contributed by atoms with Crippen LogP contribution >= 0.6 is 0 Å². The molecule has 1 unspecified atom stereocenters. The summed E-state index contributed by atoms with van der Waals surface area (Å²) in [5.74, 6) is 0.190. The third-order valence-electron chi connectivity index (χ3n) is 7.31. The van der Waals surface area contributed by atoms with Crippen LogP contribution in [-0.4, -0.2) is 92.6 Å². The number of carbonyl (C=O) groups excluding carboxylic acids is 1. The maximum Gasteiger partial charge on any atom is 0.410 e. The largest absolute Gasteiger partial charge is 0.444 e. The third-order valence-corrected chi connectivity index (χ3v) is 8.46. The molecule has 1 aromatic carbocycles. The standard InChI is InChI=1S/C30H42FN5O6S/c1-7-20-19-23-24(27(37)32-5)25(21-9-11-22(31)12-10-21)41-28(23)33-26(20)36(43(6,39)40)14-8-13-34-15-17-35(18-16-34)29(38)42-30(2,3)4/h9-12,19,27,32,37H,7-8,13-18H2,1-6H3. The van der Waals surface area contributed by atoms with Gasteiger partial charge in [0.05, 0.1) is 11.8 Å². The molecule has 1 aliphatic heterocycles. The highest BCUT2D eigenvalue weighted by Crippen LogP contribution is 2.38. The summed E-state index contributed by atoms with van der Waals surface area (Å²) in [5.41, 5.74) is 1.29. The van der Waals surface area contributed by atoms with Gasteiger partial charge in [-0.15, -0.1) is 0 Å². The number of benzene rings is 1. The van der Waals surface area contributed by atoms with Crippen LogP contribution in [-0.2, 0) is 21.2 Å². The maximum atomic E-state index is 13.6. The van der Waals surface area contributed by atoms with Gasteiger partial charge in [-0.05, 0) is 76.6 Å². The predicted molar refractivity (Wildman–Crippen MR) is 164 cm³/mol. The number of amides is 1. The number of nitrogens with one attached hydrogen (secondary N) is 1. The number of aromatic nitrogens is 1. The van der Waals surface area contributed by atoms with Gasteiger partial charge < -0.3 is 19.2 Å². The Morgan fingerprint density at radius 3 is 2.42 bits per heavy atom. The molecule has 1 saturated heterocycles. The zero-order valence-corrected chi connectivity index (χ0v) is 26.5. The van der Waals surface area contributed by atoms with Gasteiger partial charge in [-0.25, -0.2) is 17.6 Å². The summed E-state index contributed by atoms with van der Waals surface area (Å²) in [6, 6.07) is 7.51. The molecule has 0 saturated carbocycles. The summed E-state index contributed by atoms with van der Waals surface area (Å²) < 4.78 is 52.6. The molecule has 1 aliphatic rings. The molecule has 1 amide bonds. The molecule has 3 aromatic rings. The SMILES string of the molecule is CCc1cc2c(C(O)NC)c(-c3ccc(F)cc3)oc2nc1N(CCCN1CCN(C(=O)OC(C)(C)C)CC1)S(C)(=O)=O. The highest BCUT2D eigenvalue weighted by molar-refractivity contribution is 7.92. The van der Waals surface area contributed by atoms with Gasteiger partial charge in [-0.3, -0.25) is 14.5 Å². The van der Waals surface area contributed by atoms with Crippen LogP contribution in [0.25, 0.3) is 22.4 Å². The topological polar surface area (TPSA) is 128 Å². The van der Waals surface area contributed by atoms with E-state index >= 15 is 0 Å². The number of fused-ring (bicyclic) bond motifs is 1. The lowest BCUT2D eigenvalue weighted by atomic mass is 10.0. The van der Waals surface area contributed by atoms with Crippen molar-refractivity contribution in [1.29, 1.82) is 0 Å². The number of halogens is 1. The average molecular weight is 620 g/mol. The molecule has 0 radical (unpaired) electrons. The number of piperazine rings is 1. The molecule has 11 nitrogen and oxygen atoms in total. The van der Waals surface area contributed by atoms with Gasteiger partial charge in [0.15, 0.2) is 0 Å². The van der Waals surface area contributed by atoms with E-state index in [-0.39, 0.29) is 24.2 Å². The Labute approximate surface area is 252 Å². The van der Waals surface area contributed by atoms with Crippen molar-refractivity contribution in [2.75, 3.05) is 56.9 Å². The molecule has 1 atom stereocenters. The van der Waals surface area contributed by atoms with Crippen molar-refractivity contribution in [1.82, 2.24) is 20.1 Å². The molecule has 4 rings (SSSR count). The number of anilines is 1. The van der Waals surface area contributed by atoms with E-state index in [0.29, 0.717) is 73.4 Å². The zero-order valence-electron chi connectivity index (χ0n) is 25.7. The van der Waals surface area contributed by atoms with Crippen LogP contribution in [0.4, 0.5) is 15.0 Å². The van der Waals surface area contributed by atoms with Gasteiger partial charge in [0.2, 0.25) is 15.7 Å². The summed E-state index contributed by atoms with van der Waals surface area (Å²) in [5, 5.41) is 14.2. The van der Waals surface area contributed by atoms with Crippen LogP contribution in [0.5, 0.6) is 0 Å². The number of pyridine rings is 1. The normalized spacial score (nSPS) is 15.6. The van der Waals surface area contributed by atoms with E-state index in [1.807, 2.05) is 27.7 Å². The number of aliphatic hydroxyl groups excluding tert-OH is 1. The Hall–Kier alpha value is -3.26. The second kappa shape index (κ2) is 13.2. The molecule has 3 heterocycles. The smallest absolute Gasteiger partial charge is 0.410 e. The zero-order chi connectivity index (χ0) is 31.5. The number of hydrogen-bond acceptors (Lipinski definition) is 9. The number of hydrogen-bond donors (Lipinski definition) is 2. The van der Waals surface area contributed by atoms with E-state index in [9.17, 15) is 22.7 Å². The van der Waals surface area contributed by atoms with Crippen LogP contribution in [0.15, 0.2) is 34.7 Å².